The van der Waals surface area contributed by atoms with E-state index in [9.17, 15) is 9.70 Å². The summed E-state index contributed by atoms with van der Waals surface area (Å²) in [5, 5.41) is 10.7. The quantitative estimate of drug-likeness (QED) is 0.241. The number of carboxylic acids is 1. The fourth-order valence-electron chi connectivity index (χ4n) is 1.99. The first-order valence-electron chi connectivity index (χ1n) is 8.72. The highest BCUT2D eigenvalue weighted by atomic mass is 16.7. The predicted octanol–water partition coefficient (Wildman–Crippen LogP) is 5.23. The molecule has 25 heavy (non-hydrogen) atoms. The van der Waals surface area contributed by atoms with Crippen molar-refractivity contribution in [3.05, 3.63) is 40.8 Å². The van der Waals surface area contributed by atoms with Gasteiger partial charge in [0.25, 0.3) is 0 Å². The Kier molecular flexibility index (Phi) is 14.9. The van der Waals surface area contributed by atoms with E-state index >= 15 is 0 Å². The van der Waals surface area contributed by atoms with Crippen LogP contribution in [0.2, 0.25) is 0 Å². The second kappa shape index (κ2) is 16.5. The Hall–Kier alpha value is -2.37. The van der Waals surface area contributed by atoms with E-state index in [1.807, 2.05) is 31.2 Å². The summed E-state index contributed by atoms with van der Waals surface area (Å²) in [6, 6.07) is 7.24. The van der Waals surface area contributed by atoms with Crippen molar-refractivity contribution in [3.63, 3.8) is 0 Å². The van der Waals surface area contributed by atoms with Gasteiger partial charge in [0.05, 0.1) is 6.61 Å². The van der Waals surface area contributed by atoms with E-state index in [0.717, 1.165) is 30.2 Å². The van der Waals surface area contributed by atoms with E-state index in [0.29, 0.717) is 13.2 Å². The molecule has 0 aromatic heterocycles. The molecule has 0 bridgehead atoms. The van der Waals surface area contributed by atoms with Crippen LogP contribution in [0.15, 0.2) is 35.7 Å². The number of rotatable bonds is 12. The van der Waals surface area contributed by atoms with Crippen LogP contribution in [0, 0.1) is 4.91 Å². The number of unbranched alkanes of at least 4 members (excludes halogenated alkanes) is 5. The molecule has 1 rings (SSSR count). The lowest BCUT2D eigenvalue weighted by molar-refractivity contribution is -0.131. The lowest BCUT2D eigenvalue weighted by Crippen LogP contribution is -1.90. The summed E-state index contributed by atoms with van der Waals surface area (Å²) in [4.78, 5) is 24.0. The number of ether oxygens (including phenoxy) is 1. The Morgan fingerprint density at radius 1 is 1.08 bits per heavy atom. The van der Waals surface area contributed by atoms with Crippen LogP contribution in [0.3, 0.4) is 0 Å². The zero-order valence-corrected chi connectivity index (χ0v) is 15.1. The molecule has 140 valence electrons. The lowest BCUT2D eigenvalue weighted by atomic mass is 10.1. The van der Waals surface area contributed by atoms with Gasteiger partial charge in [-0.05, 0) is 43.5 Å². The standard InChI is InChI=1S/C11H12O3.C8H17NO2/c1-2-14-10-6-3-9(4-7-10)5-8-11(12)13;1-2-3-4-5-6-7-8-11-9-10/h3-8H,2H2,1H3,(H,12,13);2-8H2,1H3. The summed E-state index contributed by atoms with van der Waals surface area (Å²) < 4.78 is 5.25. The molecule has 0 aliphatic heterocycles. The molecule has 0 unspecified atom stereocenters. The molecule has 0 radical (unpaired) electrons. The summed E-state index contributed by atoms with van der Waals surface area (Å²) in [7, 11) is 0. The van der Waals surface area contributed by atoms with Crippen LogP contribution in [0.1, 0.15) is 57.9 Å². The van der Waals surface area contributed by atoms with E-state index in [-0.39, 0.29) is 0 Å². The Balaban J connectivity index is 0.000000477. The van der Waals surface area contributed by atoms with Crippen LogP contribution in [-0.2, 0) is 9.63 Å². The molecule has 0 amide bonds. The summed E-state index contributed by atoms with van der Waals surface area (Å²) >= 11 is 0. The van der Waals surface area contributed by atoms with Gasteiger partial charge >= 0.3 is 5.97 Å². The first-order valence-corrected chi connectivity index (χ1v) is 8.72. The molecule has 0 heterocycles. The van der Waals surface area contributed by atoms with Crippen molar-refractivity contribution in [2.24, 2.45) is 5.34 Å². The second-order valence-corrected chi connectivity index (χ2v) is 5.35. The van der Waals surface area contributed by atoms with E-state index < -0.39 is 5.97 Å². The average molecular weight is 351 g/mol. The predicted molar refractivity (Wildman–Crippen MR) is 99.4 cm³/mol. The Morgan fingerprint density at radius 2 is 1.72 bits per heavy atom. The molecule has 1 N–H and O–H groups in total. The number of aliphatic carboxylic acids is 1. The molecule has 1 aromatic rings. The third kappa shape index (κ3) is 14.9. The first kappa shape index (κ1) is 22.6. The number of hydrogen-bond acceptors (Lipinski definition) is 5. The normalized spacial score (nSPS) is 10.0. The Morgan fingerprint density at radius 3 is 2.28 bits per heavy atom. The van der Waals surface area contributed by atoms with Crippen molar-refractivity contribution in [2.45, 2.75) is 52.4 Å². The maximum Gasteiger partial charge on any atom is 0.328 e. The molecule has 0 aliphatic rings. The van der Waals surface area contributed by atoms with E-state index in [4.69, 9.17) is 9.84 Å². The molecule has 0 saturated heterocycles. The number of hydrogen-bond donors (Lipinski definition) is 1. The Labute approximate surface area is 149 Å². The van der Waals surface area contributed by atoms with E-state index in [2.05, 4.69) is 17.1 Å². The van der Waals surface area contributed by atoms with Gasteiger partial charge in [-0.25, -0.2) is 4.79 Å². The van der Waals surface area contributed by atoms with Crippen LogP contribution in [0.25, 0.3) is 6.08 Å². The minimum absolute atomic E-state index is 0.482. The second-order valence-electron chi connectivity index (χ2n) is 5.35. The summed E-state index contributed by atoms with van der Waals surface area (Å²) in [5.41, 5.74) is 0.843. The minimum atomic E-state index is -0.945. The van der Waals surface area contributed by atoms with E-state index in [1.54, 1.807) is 0 Å². The molecular formula is C19H29NO5. The SMILES string of the molecule is CCCCCCCCON=O.CCOc1ccc(C=CC(=O)O)cc1. The maximum absolute atomic E-state index is 10.2. The van der Waals surface area contributed by atoms with Crippen molar-refractivity contribution < 1.29 is 19.5 Å². The molecule has 6 nitrogen and oxygen atoms in total. The number of carbonyl (C=O) groups is 1. The maximum atomic E-state index is 10.2. The molecule has 0 spiro atoms. The molecule has 0 fully saturated rings. The summed E-state index contributed by atoms with van der Waals surface area (Å²) in [6.07, 6.45) is 9.87. The van der Waals surface area contributed by atoms with Crippen LogP contribution in [0.4, 0.5) is 0 Å². The topological polar surface area (TPSA) is 85.2 Å². The van der Waals surface area contributed by atoms with E-state index in [1.165, 1.54) is 31.8 Å². The summed E-state index contributed by atoms with van der Waals surface area (Å²) in [5.74, 6) is -0.154. The third-order valence-electron chi connectivity index (χ3n) is 3.25. The summed E-state index contributed by atoms with van der Waals surface area (Å²) in [6.45, 7) is 5.22. The van der Waals surface area contributed by atoms with Gasteiger partial charge in [-0.3, -0.25) is 0 Å². The van der Waals surface area contributed by atoms with Crippen LogP contribution < -0.4 is 4.74 Å². The van der Waals surface area contributed by atoms with Crippen molar-refractivity contribution >= 4 is 12.0 Å². The number of carboxylic acid groups (broad SMARTS) is 1. The zero-order valence-electron chi connectivity index (χ0n) is 15.1. The number of benzene rings is 1. The van der Waals surface area contributed by atoms with Gasteiger partial charge in [-0.1, -0.05) is 44.7 Å². The fraction of sp³-hybridized carbons (Fsp3) is 0.526. The highest BCUT2D eigenvalue weighted by Gasteiger charge is 1.92. The lowest BCUT2D eigenvalue weighted by Gasteiger charge is -2.01. The van der Waals surface area contributed by atoms with Crippen LogP contribution in [-0.4, -0.2) is 24.3 Å². The smallest absolute Gasteiger partial charge is 0.328 e. The monoisotopic (exact) mass is 351 g/mol. The van der Waals surface area contributed by atoms with Gasteiger partial charge < -0.3 is 14.7 Å². The molecule has 0 atom stereocenters. The van der Waals surface area contributed by atoms with Crippen molar-refractivity contribution in [3.8, 4) is 5.75 Å². The molecule has 0 saturated carbocycles. The average Bonchev–Trinajstić information content (AvgIpc) is 2.61. The van der Waals surface area contributed by atoms with Gasteiger partial charge in [0.1, 0.15) is 12.4 Å². The van der Waals surface area contributed by atoms with Crippen LogP contribution in [0.5, 0.6) is 5.75 Å². The first-order chi connectivity index (χ1) is 12.1. The van der Waals surface area contributed by atoms with Gasteiger partial charge in [-0.2, -0.15) is 0 Å². The molecule has 6 heteroatoms. The highest BCUT2D eigenvalue weighted by molar-refractivity contribution is 5.85. The number of nitrogens with zero attached hydrogens (tertiary/aromatic N) is 1. The van der Waals surface area contributed by atoms with Crippen molar-refractivity contribution in [1.82, 2.24) is 0 Å². The van der Waals surface area contributed by atoms with Crippen molar-refractivity contribution in [2.75, 3.05) is 13.2 Å². The van der Waals surface area contributed by atoms with Gasteiger partial charge in [0.15, 0.2) is 5.34 Å². The largest absolute Gasteiger partial charge is 0.494 e. The fourth-order valence-corrected chi connectivity index (χ4v) is 1.99. The highest BCUT2D eigenvalue weighted by Crippen LogP contribution is 2.12. The van der Waals surface area contributed by atoms with Crippen LogP contribution >= 0.6 is 0 Å². The van der Waals surface area contributed by atoms with Crippen molar-refractivity contribution in [1.29, 1.82) is 0 Å². The van der Waals surface area contributed by atoms with Gasteiger partial charge in [0.2, 0.25) is 0 Å². The van der Waals surface area contributed by atoms with Gasteiger partial charge in [0, 0.05) is 6.08 Å². The Bertz CT molecular complexity index is 485. The zero-order chi connectivity index (χ0) is 18.8. The molecular weight excluding hydrogens is 322 g/mol. The molecule has 1 aromatic carbocycles. The van der Waals surface area contributed by atoms with Gasteiger partial charge in [-0.15, -0.1) is 4.91 Å². The third-order valence-corrected chi connectivity index (χ3v) is 3.25. The minimum Gasteiger partial charge on any atom is -0.494 e. The molecule has 0 aliphatic carbocycles.